The van der Waals surface area contributed by atoms with Gasteiger partial charge in [0.15, 0.2) is 0 Å². The predicted molar refractivity (Wildman–Crippen MR) is 110 cm³/mol. The molecule has 0 aliphatic rings. The second kappa shape index (κ2) is 8.81. The minimum Gasteiger partial charge on any atom is -0.465 e. The molecule has 28 heavy (non-hydrogen) atoms. The lowest BCUT2D eigenvalue weighted by molar-refractivity contribution is -0.116. The minimum atomic E-state index is -3.80. The summed E-state index contributed by atoms with van der Waals surface area (Å²) in [5, 5.41) is 3.05. The minimum absolute atomic E-state index is 0.166. The smallest absolute Gasteiger partial charge is 0.337 e. The highest BCUT2D eigenvalue weighted by atomic mass is 35.5. The lowest BCUT2D eigenvalue weighted by atomic mass is 10.2. The van der Waals surface area contributed by atoms with Gasteiger partial charge in [-0.2, -0.15) is 0 Å². The van der Waals surface area contributed by atoms with Crippen LogP contribution in [0.1, 0.15) is 17.3 Å². The fraction of sp³-hybridized carbons (Fsp3) is 0.222. The number of hydrogen-bond donors (Lipinski definition) is 1. The van der Waals surface area contributed by atoms with Gasteiger partial charge in [-0.25, -0.2) is 13.2 Å². The molecule has 0 heterocycles. The molecule has 0 aliphatic heterocycles. The Bertz CT molecular complexity index is 994. The van der Waals surface area contributed by atoms with Crippen molar-refractivity contribution in [2.75, 3.05) is 23.0 Å². The van der Waals surface area contributed by atoms with Gasteiger partial charge in [0.05, 0.1) is 34.7 Å². The number of methoxy groups -OCH3 is 1. The van der Waals surface area contributed by atoms with Crippen LogP contribution in [-0.4, -0.2) is 39.7 Å². The van der Waals surface area contributed by atoms with Crippen LogP contribution in [0.25, 0.3) is 0 Å². The van der Waals surface area contributed by atoms with Gasteiger partial charge in [0, 0.05) is 5.69 Å². The SMILES string of the molecule is COC(=O)c1ccc(NC(=O)[C@@H](C)N(c2ccc(Cl)c(Cl)c2)S(C)(=O)=O)cc1. The van der Waals surface area contributed by atoms with Crippen LogP contribution in [0.5, 0.6) is 0 Å². The number of carbonyl (C=O) groups is 2. The van der Waals surface area contributed by atoms with Gasteiger partial charge in [-0.1, -0.05) is 23.2 Å². The number of sulfonamides is 1. The van der Waals surface area contributed by atoms with Crippen molar-refractivity contribution in [1.29, 1.82) is 0 Å². The molecule has 7 nitrogen and oxygen atoms in total. The van der Waals surface area contributed by atoms with E-state index in [4.69, 9.17) is 23.2 Å². The van der Waals surface area contributed by atoms with E-state index in [0.29, 0.717) is 11.3 Å². The van der Waals surface area contributed by atoms with Crippen molar-refractivity contribution in [3.63, 3.8) is 0 Å². The first-order valence-corrected chi connectivity index (χ1v) is 10.6. The molecule has 2 aromatic carbocycles. The standard InChI is InChI=1S/C18H18Cl2N2O5S/c1-11(17(23)21-13-6-4-12(5-7-13)18(24)27-2)22(28(3,25)26)14-8-9-15(19)16(20)10-14/h4-11H,1-3H3,(H,21,23)/t11-/m1/s1. The van der Waals surface area contributed by atoms with Crippen molar-refractivity contribution in [3.8, 4) is 0 Å². The molecule has 0 aromatic heterocycles. The van der Waals surface area contributed by atoms with Crippen molar-refractivity contribution >= 4 is 56.5 Å². The van der Waals surface area contributed by atoms with E-state index in [2.05, 4.69) is 10.1 Å². The molecule has 0 spiro atoms. The summed E-state index contributed by atoms with van der Waals surface area (Å²) in [5.74, 6) is -1.07. The number of benzene rings is 2. The number of ether oxygens (including phenoxy) is 1. The van der Waals surface area contributed by atoms with Gasteiger partial charge >= 0.3 is 5.97 Å². The van der Waals surface area contributed by atoms with E-state index in [-0.39, 0.29) is 15.7 Å². The Morgan fingerprint density at radius 1 is 1.07 bits per heavy atom. The zero-order chi connectivity index (χ0) is 21.1. The van der Waals surface area contributed by atoms with Crippen LogP contribution in [-0.2, 0) is 19.6 Å². The molecule has 2 rings (SSSR count). The highest BCUT2D eigenvalue weighted by molar-refractivity contribution is 7.92. The first-order chi connectivity index (χ1) is 13.0. The summed E-state index contributed by atoms with van der Waals surface area (Å²) in [6, 6.07) is 9.21. The van der Waals surface area contributed by atoms with Gasteiger partial charge in [0.25, 0.3) is 0 Å². The Kier molecular flexibility index (Phi) is 6.92. The van der Waals surface area contributed by atoms with Crippen LogP contribution in [0.2, 0.25) is 10.0 Å². The Hall–Kier alpha value is -2.29. The fourth-order valence-electron chi connectivity index (χ4n) is 2.49. The molecule has 150 valence electrons. The van der Waals surface area contributed by atoms with E-state index in [9.17, 15) is 18.0 Å². The molecule has 0 fully saturated rings. The molecular weight excluding hydrogens is 427 g/mol. The van der Waals surface area contributed by atoms with Crippen molar-refractivity contribution < 1.29 is 22.7 Å². The quantitative estimate of drug-likeness (QED) is 0.687. The average Bonchev–Trinajstić information content (AvgIpc) is 2.63. The Morgan fingerprint density at radius 2 is 1.68 bits per heavy atom. The predicted octanol–water partition coefficient (Wildman–Crippen LogP) is 3.57. The second-order valence-corrected chi connectivity index (χ2v) is 8.57. The van der Waals surface area contributed by atoms with Crippen LogP contribution in [0.4, 0.5) is 11.4 Å². The van der Waals surface area contributed by atoms with E-state index in [1.165, 1.54) is 56.5 Å². The largest absolute Gasteiger partial charge is 0.465 e. The van der Waals surface area contributed by atoms with Gasteiger partial charge < -0.3 is 10.1 Å². The van der Waals surface area contributed by atoms with Crippen molar-refractivity contribution in [2.45, 2.75) is 13.0 Å². The summed E-state index contributed by atoms with van der Waals surface area (Å²) in [7, 11) is -2.53. The Morgan fingerprint density at radius 3 is 2.18 bits per heavy atom. The third-order valence-electron chi connectivity index (χ3n) is 3.82. The van der Waals surface area contributed by atoms with Crippen LogP contribution < -0.4 is 9.62 Å². The van der Waals surface area contributed by atoms with E-state index < -0.39 is 27.9 Å². The third-order valence-corrected chi connectivity index (χ3v) is 5.80. The molecule has 0 aliphatic carbocycles. The number of nitrogens with one attached hydrogen (secondary N) is 1. The number of hydrogen-bond acceptors (Lipinski definition) is 5. The number of amides is 1. The molecule has 0 radical (unpaired) electrons. The van der Waals surface area contributed by atoms with Gasteiger partial charge in [-0.05, 0) is 49.4 Å². The van der Waals surface area contributed by atoms with Gasteiger partial charge in [0.2, 0.25) is 15.9 Å². The molecule has 10 heteroatoms. The highest BCUT2D eigenvalue weighted by Gasteiger charge is 2.29. The first-order valence-electron chi connectivity index (χ1n) is 7.98. The van der Waals surface area contributed by atoms with Gasteiger partial charge in [-0.15, -0.1) is 0 Å². The van der Waals surface area contributed by atoms with Crippen molar-refractivity contribution in [3.05, 3.63) is 58.1 Å². The number of nitrogens with zero attached hydrogens (tertiary/aromatic N) is 1. The molecule has 0 unspecified atom stereocenters. The van der Waals surface area contributed by atoms with E-state index in [1.807, 2.05) is 0 Å². The average molecular weight is 445 g/mol. The van der Waals surface area contributed by atoms with E-state index >= 15 is 0 Å². The third kappa shape index (κ3) is 5.15. The zero-order valence-corrected chi connectivity index (χ0v) is 17.6. The normalized spacial score (nSPS) is 12.2. The molecule has 0 saturated heterocycles. The summed E-state index contributed by atoms with van der Waals surface area (Å²) < 4.78 is 30.2. The molecule has 1 atom stereocenters. The summed E-state index contributed by atoms with van der Waals surface area (Å²) in [6.45, 7) is 1.45. The summed E-state index contributed by atoms with van der Waals surface area (Å²) >= 11 is 11.9. The lowest BCUT2D eigenvalue weighted by Crippen LogP contribution is -2.45. The van der Waals surface area contributed by atoms with Gasteiger partial charge in [0.1, 0.15) is 6.04 Å². The molecule has 0 saturated carbocycles. The van der Waals surface area contributed by atoms with Crippen LogP contribution in [0, 0.1) is 0 Å². The molecule has 1 N–H and O–H groups in total. The summed E-state index contributed by atoms with van der Waals surface area (Å²) in [4.78, 5) is 24.1. The topological polar surface area (TPSA) is 92.8 Å². The number of anilines is 2. The summed E-state index contributed by atoms with van der Waals surface area (Å²) in [6.07, 6.45) is 0.991. The molecule has 0 bridgehead atoms. The van der Waals surface area contributed by atoms with E-state index in [0.717, 1.165) is 10.6 Å². The fourth-order valence-corrected chi connectivity index (χ4v) is 3.94. The van der Waals surface area contributed by atoms with Crippen LogP contribution >= 0.6 is 23.2 Å². The monoisotopic (exact) mass is 444 g/mol. The highest BCUT2D eigenvalue weighted by Crippen LogP contribution is 2.29. The van der Waals surface area contributed by atoms with Crippen LogP contribution in [0.15, 0.2) is 42.5 Å². The Labute approximate surface area is 173 Å². The second-order valence-electron chi connectivity index (χ2n) is 5.89. The van der Waals surface area contributed by atoms with Crippen molar-refractivity contribution in [2.24, 2.45) is 0 Å². The molecule has 1 amide bonds. The maximum absolute atomic E-state index is 12.6. The summed E-state index contributed by atoms with van der Waals surface area (Å²) in [5.41, 5.74) is 0.926. The first kappa shape index (κ1) is 22.0. The maximum Gasteiger partial charge on any atom is 0.337 e. The molecule has 2 aromatic rings. The zero-order valence-electron chi connectivity index (χ0n) is 15.3. The number of esters is 1. The number of carbonyl (C=O) groups excluding carboxylic acids is 2. The Balaban J connectivity index is 2.26. The van der Waals surface area contributed by atoms with Crippen molar-refractivity contribution in [1.82, 2.24) is 0 Å². The number of rotatable bonds is 6. The van der Waals surface area contributed by atoms with E-state index in [1.54, 1.807) is 0 Å². The lowest BCUT2D eigenvalue weighted by Gasteiger charge is -2.28. The van der Waals surface area contributed by atoms with Crippen LogP contribution in [0.3, 0.4) is 0 Å². The molecular formula is C18H18Cl2N2O5S. The maximum atomic E-state index is 12.6. The number of halogens is 2. The van der Waals surface area contributed by atoms with Gasteiger partial charge in [-0.3, -0.25) is 9.10 Å².